The van der Waals surface area contributed by atoms with Gasteiger partial charge in [-0.2, -0.15) is 5.10 Å². The van der Waals surface area contributed by atoms with Crippen molar-refractivity contribution < 1.29 is 4.79 Å². The summed E-state index contributed by atoms with van der Waals surface area (Å²) in [6.45, 7) is 1.53. The summed E-state index contributed by atoms with van der Waals surface area (Å²) in [5.41, 5.74) is 1.48. The summed E-state index contributed by atoms with van der Waals surface area (Å²) >= 11 is 3.36. The molecule has 0 amide bonds. The van der Waals surface area contributed by atoms with Crippen LogP contribution in [0.25, 0.3) is 5.69 Å². The molecule has 15 heavy (non-hydrogen) atoms. The van der Waals surface area contributed by atoms with E-state index in [-0.39, 0.29) is 5.78 Å². The van der Waals surface area contributed by atoms with Crippen LogP contribution >= 0.6 is 15.9 Å². The summed E-state index contributed by atoms with van der Waals surface area (Å²) in [5.74, 6) is 0.00965. The minimum absolute atomic E-state index is 0.00965. The van der Waals surface area contributed by atoms with Crippen molar-refractivity contribution in [2.75, 3.05) is 0 Å². The van der Waals surface area contributed by atoms with Crippen LogP contribution in [-0.2, 0) is 0 Å². The third-order valence-corrected chi connectivity index (χ3v) is 2.60. The molecule has 0 atom stereocenters. The van der Waals surface area contributed by atoms with Crippen molar-refractivity contribution in [1.82, 2.24) is 9.78 Å². The van der Waals surface area contributed by atoms with Gasteiger partial charge < -0.3 is 0 Å². The predicted molar refractivity (Wildman–Crippen MR) is 61.3 cm³/mol. The molecule has 0 aliphatic rings. The van der Waals surface area contributed by atoms with Crippen molar-refractivity contribution >= 4 is 21.7 Å². The SMILES string of the molecule is CC(=O)c1ccnn1-c1ccc(Br)cc1. The second-order valence-corrected chi connectivity index (χ2v) is 4.08. The number of halogens is 1. The zero-order valence-electron chi connectivity index (χ0n) is 8.14. The van der Waals surface area contributed by atoms with Crippen molar-refractivity contribution in [2.24, 2.45) is 0 Å². The van der Waals surface area contributed by atoms with E-state index in [1.807, 2.05) is 24.3 Å². The Morgan fingerprint density at radius 1 is 1.27 bits per heavy atom. The lowest BCUT2D eigenvalue weighted by molar-refractivity contribution is 0.101. The number of benzene rings is 1. The van der Waals surface area contributed by atoms with E-state index in [1.54, 1.807) is 16.9 Å². The van der Waals surface area contributed by atoms with Gasteiger partial charge in [-0.3, -0.25) is 4.79 Å². The Kier molecular flexibility index (Phi) is 2.68. The van der Waals surface area contributed by atoms with E-state index in [2.05, 4.69) is 21.0 Å². The zero-order valence-corrected chi connectivity index (χ0v) is 9.73. The van der Waals surface area contributed by atoms with Crippen molar-refractivity contribution in [1.29, 1.82) is 0 Å². The first-order valence-corrected chi connectivity index (χ1v) is 5.28. The van der Waals surface area contributed by atoms with Gasteiger partial charge in [0.25, 0.3) is 0 Å². The first-order valence-electron chi connectivity index (χ1n) is 4.49. The number of Topliss-reactive ketones (excluding diaryl/α,β-unsaturated/α-hetero) is 1. The van der Waals surface area contributed by atoms with Crippen LogP contribution in [0.4, 0.5) is 0 Å². The minimum atomic E-state index is 0.00965. The maximum absolute atomic E-state index is 11.3. The van der Waals surface area contributed by atoms with Crippen LogP contribution in [0.3, 0.4) is 0 Å². The molecule has 0 fully saturated rings. The highest BCUT2D eigenvalue weighted by molar-refractivity contribution is 9.10. The average molecular weight is 265 g/mol. The van der Waals surface area contributed by atoms with Crippen LogP contribution < -0.4 is 0 Å². The molecule has 1 heterocycles. The normalized spacial score (nSPS) is 10.3. The average Bonchev–Trinajstić information content (AvgIpc) is 2.67. The highest BCUT2D eigenvalue weighted by Gasteiger charge is 2.08. The molecule has 0 spiro atoms. The third kappa shape index (κ3) is 1.99. The number of rotatable bonds is 2. The lowest BCUT2D eigenvalue weighted by Gasteiger charge is -2.04. The molecule has 0 N–H and O–H groups in total. The predicted octanol–water partition coefficient (Wildman–Crippen LogP) is 2.84. The van der Waals surface area contributed by atoms with Gasteiger partial charge in [0.15, 0.2) is 5.78 Å². The maximum Gasteiger partial charge on any atom is 0.178 e. The molecule has 4 heteroatoms. The Morgan fingerprint density at radius 3 is 2.53 bits per heavy atom. The van der Waals surface area contributed by atoms with Crippen LogP contribution in [0.15, 0.2) is 41.0 Å². The summed E-state index contributed by atoms with van der Waals surface area (Å²) < 4.78 is 2.64. The fourth-order valence-corrected chi connectivity index (χ4v) is 1.62. The Balaban J connectivity index is 2.49. The molecule has 0 aliphatic carbocycles. The molecule has 1 aromatic heterocycles. The highest BCUT2D eigenvalue weighted by atomic mass is 79.9. The Labute approximate surface area is 95.9 Å². The number of hydrogen-bond donors (Lipinski definition) is 0. The van der Waals surface area contributed by atoms with Gasteiger partial charge in [0.2, 0.25) is 0 Å². The number of hydrogen-bond acceptors (Lipinski definition) is 2. The second kappa shape index (κ2) is 3.98. The number of nitrogens with zero attached hydrogens (tertiary/aromatic N) is 2. The maximum atomic E-state index is 11.3. The summed E-state index contributed by atoms with van der Waals surface area (Å²) in [7, 11) is 0. The number of aromatic nitrogens is 2. The first kappa shape index (κ1) is 10.1. The fraction of sp³-hybridized carbons (Fsp3) is 0.0909. The molecule has 0 radical (unpaired) electrons. The topological polar surface area (TPSA) is 34.9 Å². The summed E-state index contributed by atoms with van der Waals surface area (Å²) in [5, 5.41) is 4.12. The minimum Gasteiger partial charge on any atom is -0.293 e. The van der Waals surface area contributed by atoms with Gasteiger partial charge in [-0.1, -0.05) is 15.9 Å². The number of ketones is 1. The lowest BCUT2D eigenvalue weighted by atomic mass is 10.3. The van der Waals surface area contributed by atoms with Crippen LogP contribution in [0.1, 0.15) is 17.4 Å². The van der Waals surface area contributed by atoms with Crippen molar-refractivity contribution in [3.05, 3.63) is 46.7 Å². The largest absolute Gasteiger partial charge is 0.293 e. The zero-order chi connectivity index (χ0) is 10.8. The van der Waals surface area contributed by atoms with E-state index in [1.165, 1.54) is 6.92 Å². The smallest absolute Gasteiger partial charge is 0.178 e. The van der Waals surface area contributed by atoms with E-state index < -0.39 is 0 Å². The first-order chi connectivity index (χ1) is 7.18. The molecule has 0 unspecified atom stereocenters. The van der Waals surface area contributed by atoms with E-state index in [0.717, 1.165) is 10.2 Å². The van der Waals surface area contributed by atoms with Gasteiger partial charge in [0.05, 0.1) is 11.9 Å². The van der Waals surface area contributed by atoms with Gasteiger partial charge in [-0.05, 0) is 30.3 Å². The number of carbonyl (C=O) groups is 1. The molecule has 76 valence electrons. The summed E-state index contributed by atoms with van der Waals surface area (Å²) in [6.07, 6.45) is 1.62. The van der Waals surface area contributed by atoms with Crippen molar-refractivity contribution in [3.8, 4) is 5.69 Å². The van der Waals surface area contributed by atoms with Crippen molar-refractivity contribution in [3.63, 3.8) is 0 Å². The molecule has 0 saturated heterocycles. The van der Waals surface area contributed by atoms with Crippen LogP contribution in [0.2, 0.25) is 0 Å². The monoisotopic (exact) mass is 264 g/mol. The lowest BCUT2D eigenvalue weighted by Crippen LogP contribution is -2.05. The molecule has 0 aliphatic heterocycles. The third-order valence-electron chi connectivity index (χ3n) is 2.07. The number of carbonyl (C=O) groups excluding carboxylic acids is 1. The molecule has 2 aromatic rings. The van der Waals surface area contributed by atoms with Crippen LogP contribution in [0, 0.1) is 0 Å². The van der Waals surface area contributed by atoms with Gasteiger partial charge in [-0.15, -0.1) is 0 Å². The van der Waals surface area contributed by atoms with E-state index in [4.69, 9.17) is 0 Å². The van der Waals surface area contributed by atoms with E-state index in [9.17, 15) is 4.79 Å². The van der Waals surface area contributed by atoms with Crippen LogP contribution in [0.5, 0.6) is 0 Å². The molecule has 3 nitrogen and oxygen atoms in total. The molecule has 0 bridgehead atoms. The van der Waals surface area contributed by atoms with Gasteiger partial charge in [0.1, 0.15) is 5.69 Å². The van der Waals surface area contributed by atoms with E-state index >= 15 is 0 Å². The van der Waals surface area contributed by atoms with Crippen molar-refractivity contribution in [2.45, 2.75) is 6.92 Å². The van der Waals surface area contributed by atoms with Gasteiger partial charge >= 0.3 is 0 Å². The Hall–Kier alpha value is -1.42. The van der Waals surface area contributed by atoms with Crippen LogP contribution in [-0.4, -0.2) is 15.6 Å². The van der Waals surface area contributed by atoms with Gasteiger partial charge in [0, 0.05) is 11.4 Å². The summed E-state index contributed by atoms with van der Waals surface area (Å²) in [6, 6.07) is 9.36. The molecule has 1 aromatic carbocycles. The second-order valence-electron chi connectivity index (χ2n) is 3.16. The molecular weight excluding hydrogens is 256 g/mol. The highest BCUT2D eigenvalue weighted by Crippen LogP contribution is 2.15. The Bertz CT molecular complexity index is 488. The quantitative estimate of drug-likeness (QED) is 0.782. The molecule has 2 rings (SSSR count). The molecule has 0 saturated carbocycles. The Morgan fingerprint density at radius 2 is 1.93 bits per heavy atom. The van der Waals surface area contributed by atoms with Gasteiger partial charge in [-0.25, -0.2) is 4.68 Å². The standard InChI is InChI=1S/C11H9BrN2O/c1-8(15)11-6-7-13-14(11)10-4-2-9(12)3-5-10/h2-7H,1H3. The molecular formula is C11H9BrN2O. The summed E-state index contributed by atoms with van der Waals surface area (Å²) in [4.78, 5) is 11.3. The fourth-order valence-electron chi connectivity index (χ4n) is 1.36. The van der Waals surface area contributed by atoms with E-state index in [0.29, 0.717) is 5.69 Å².